The van der Waals surface area contributed by atoms with Gasteiger partial charge in [0.05, 0.1) is 56.3 Å². The quantitative estimate of drug-likeness (QED) is 0.146. The Bertz CT molecular complexity index is 1370. The number of quaternary nitrogens is 1. The maximum atomic E-state index is 12.9. The highest BCUT2D eigenvalue weighted by Crippen LogP contribution is 2.32. The number of methoxy groups -OCH3 is 1. The molecule has 0 aliphatic carbocycles. The monoisotopic (exact) mass is 692 g/mol. The number of nitrogens with zero attached hydrogens (tertiary/aromatic N) is 1. The number of benzene rings is 3. The number of nitrogens with one attached hydrogen (secondary N) is 2. The van der Waals surface area contributed by atoms with Crippen molar-refractivity contribution in [1.29, 1.82) is 0 Å². The number of carbonyl (C=O) groups excluding carboxylic acids is 3. The second kappa shape index (κ2) is 14.7. The lowest BCUT2D eigenvalue weighted by molar-refractivity contribution is -0.896. The van der Waals surface area contributed by atoms with Gasteiger partial charge in [-0.3, -0.25) is 14.9 Å². The van der Waals surface area contributed by atoms with Crippen LogP contribution in [0.25, 0.3) is 11.1 Å². The Morgan fingerprint density at radius 2 is 1.71 bits per heavy atom. The van der Waals surface area contributed by atoms with Gasteiger partial charge in [-0.1, -0.05) is 54.1 Å². The standard InChI is InChI=1S/C31H34ClN3O5.HI/c1-35(2)15-13-24(14-16-35)40-31(38)34-27-17-21(9-11-25(27)22-7-5-4-6-8-22)10-12-30(37)33-28-19-29(39-3)23(20-36)18-26(28)32;/h4-9,11,17-20,24H,10,12-16H2,1-3H3,(H-,33,34,36,37,38);1H/p+1. The summed E-state index contributed by atoms with van der Waals surface area (Å²) in [7, 11) is 5.81. The highest BCUT2D eigenvalue weighted by Gasteiger charge is 2.28. The third-order valence-corrected chi connectivity index (χ3v) is 7.47. The van der Waals surface area contributed by atoms with Crippen molar-refractivity contribution in [2.24, 2.45) is 0 Å². The molecule has 8 nitrogen and oxygen atoms in total. The van der Waals surface area contributed by atoms with Crippen LogP contribution in [-0.4, -0.2) is 63.2 Å². The summed E-state index contributed by atoms with van der Waals surface area (Å²) >= 11 is 6.24. The summed E-state index contributed by atoms with van der Waals surface area (Å²) in [5.41, 5.74) is 3.99. The Morgan fingerprint density at radius 3 is 2.37 bits per heavy atom. The van der Waals surface area contributed by atoms with E-state index in [0.717, 1.165) is 47.1 Å². The number of likely N-dealkylation sites (tertiary alicyclic amines) is 1. The van der Waals surface area contributed by atoms with Gasteiger partial charge in [-0.05, 0) is 29.7 Å². The molecule has 3 aromatic rings. The van der Waals surface area contributed by atoms with E-state index in [-0.39, 0.29) is 47.4 Å². The Kier molecular flexibility index (Phi) is 11.6. The fourth-order valence-corrected chi connectivity index (χ4v) is 4.99. The van der Waals surface area contributed by atoms with E-state index in [1.807, 2.05) is 48.5 Å². The molecule has 0 atom stereocenters. The van der Waals surface area contributed by atoms with Crippen molar-refractivity contribution in [3.05, 3.63) is 76.8 Å². The molecule has 1 fully saturated rings. The van der Waals surface area contributed by atoms with Gasteiger partial charge in [0.1, 0.15) is 11.9 Å². The molecule has 0 radical (unpaired) electrons. The van der Waals surface area contributed by atoms with E-state index >= 15 is 0 Å². The van der Waals surface area contributed by atoms with Crippen LogP contribution in [0, 0.1) is 0 Å². The molecule has 1 saturated heterocycles. The molecule has 3 aromatic carbocycles. The van der Waals surface area contributed by atoms with E-state index in [2.05, 4.69) is 24.7 Å². The van der Waals surface area contributed by atoms with E-state index in [4.69, 9.17) is 21.1 Å². The first-order chi connectivity index (χ1) is 19.2. The smallest absolute Gasteiger partial charge is 0.411 e. The summed E-state index contributed by atoms with van der Waals surface area (Å²) < 4.78 is 11.9. The number of halogens is 2. The van der Waals surface area contributed by atoms with E-state index in [0.29, 0.717) is 35.4 Å². The Labute approximate surface area is 263 Å². The van der Waals surface area contributed by atoms with Crippen LogP contribution in [0.5, 0.6) is 5.75 Å². The van der Waals surface area contributed by atoms with Crippen LogP contribution in [0.15, 0.2) is 60.7 Å². The molecule has 1 aliphatic rings. The van der Waals surface area contributed by atoms with Gasteiger partial charge in [0.15, 0.2) is 6.29 Å². The molecule has 2 N–H and O–H groups in total. The zero-order chi connectivity index (χ0) is 28.7. The summed E-state index contributed by atoms with van der Waals surface area (Å²) in [6, 6.07) is 18.5. The molecule has 4 rings (SSSR count). The number of aldehydes is 1. The first-order valence-corrected chi connectivity index (χ1v) is 13.7. The number of hydrogen-bond acceptors (Lipinski definition) is 5. The lowest BCUT2D eigenvalue weighted by atomic mass is 9.99. The van der Waals surface area contributed by atoms with Crippen molar-refractivity contribution in [3.63, 3.8) is 0 Å². The van der Waals surface area contributed by atoms with Crippen LogP contribution >= 0.6 is 35.6 Å². The highest BCUT2D eigenvalue weighted by molar-refractivity contribution is 14.0. The van der Waals surface area contributed by atoms with Gasteiger partial charge < -0.3 is 19.3 Å². The molecule has 1 aliphatic heterocycles. The number of hydrogen-bond donors (Lipinski definition) is 2. The summed E-state index contributed by atoms with van der Waals surface area (Å²) in [4.78, 5) is 36.8. The fourth-order valence-electron chi connectivity index (χ4n) is 4.78. The highest BCUT2D eigenvalue weighted by atomic mass is 127. The van der Waals surface area contributed by atoms with Crippen LogP contribution in [0.3, 0.4) is 0 Å². The molecule has 41 heavy (non-hydrogen) atoms. The summed E-state index contributed by atoms with van der Waals surface area (Å²) in [6.45, 7) is 1.92. The minimum absolute atomic E-state index is 0. The fraction of sp³-hybridized carbons (Fsp3) is 0.323. The number of amides is 2. The Morgan fingerprint density at radius 1 is 1.00 bits per heavy atom. The number of aryl methyl sites for hydroxylation is 1. The first kappa shape index (κ1) is 32.4. The van der Waals surface area contributed by atoms with Crippen LogP contribution in [0.1, 0.15) is 35.2 Å². The van der Waals surface area contributed by atoms with Crippen LogP contribution in [0.4, 0.5) is 16.2 Å². The minimum atomic E-state index is -0.480. The van der Waals surface area contributed by atoms with Gasteiger partial charge >= 0.3 is 6.09 Å². The topological polar surface area (TPSA) is 93.7 Å². The molecule has 2 amide bonds. The number of piperidine rings is 1. The van der Waals surface area contributed by atoms with Crippen molar-refractivity contribution < 1.29 is 28.3 Å². The third kappa shape index (κ3) is 8.92. The largest absolute Gasteiger partial charge is 0.496 e. The van der Waals surface area contributed by atoms with E-state index < -0.39 is 6.09 Å². The van der Waals surface area contributed by atoms with Crippen molar-refractivity contribution in [3.8, 4) is 16.9 Å². The number of rotatable bonds is 9. The van der Waals surface area contributed by atoms with E-state index in [1.165, 1.54) is 19.2 Å². The predicted octanol–water partition coefficient (Wildman–Crippen LogP) is 6.80. The number of ether oxygens (including phenoxy) is 2. The summed E-state index contributed by atoms with van der Waals surface area (Å²) in [6.07, 6.45) is 2.33. The van der Waals surface area contributed by atoms with Gasteiger partial charge in [-0.15, -0.1) is 24.0 Å². The molecule has 10 heteroatoms. The average molecular weight is 693 g/mol. The van der Waals surface area contributed by atoms with Crippen molar-refractivity contribution >= 4 is 65.2 Å². The maximum Gasteiger partial charge on any atom is 0.411 e. The second-order valence-corrected chi connectivity index (χ2v) is 11.0. The SMILES string of the molecule is COc1cc(NC(=O)CCc2ccc(-c3ccccc3)c(NC(=O)OC3CC[N+](C)(C)CC3)c2)c(Cl)cc1C=O.I. The average Bonchev–Trinajstić information content (AvgIpc) is 2.94. The van der Waals surface area contributed by atoms with Gasteiger partial charge in [-0.2, -0.15) is 0 Å². The Balaban J connectivity index is 0.00000462. The molecule has 0 unspecified atom stereocenters. The predicted molar refractivity (Wildman–Crippen MR) is 173 cm³/mol. The lowest BCUT2D eigenvalue weighted by Gasteiger charge is -2.36. The van der Waals surface area contributed by atoms with Crippen LogP contribution < -0.4 is 15.4 Å². The molecule has 1 heterocycles. The van der Waals surface area contributed by atoms with Gasteiger partial charge in [0, 0.05) is 30.9 Å². The van der Waals surface area contributed by atoms with Gasteiger partial charge in [0.25, 0.3) is 0 Å². The van der Waals surface area contributed by atoms with Crippen LogP contribution in [-0.2, 0) is 16.0 Å². The molecular weight excluding hydrogens is 657 g/mol. The van der Waals surface area contributed by atoms with Crippen molar-refractivity contribution in [2.45, 2.75) is 31.8 Å². The number of carbonyl (C=O) groups is 3. The molecule has 218 valence electrons. The normalized spacial score (nSPS) is 14.3. The first-order valence-electron chi connectivity index (χ1n) is 13.3. The molecule has 0 bridgehead atoms. The van der Waals surface area contributed by atoms with Crippen molar-refractivity contribution in [2.75, 3.05) is 44.9 Å². The molecule has 0 aromatic heterocycles. The molecular formula is C31H36ClIN3O5+. The minimum Gasteiger partial charge on any atom is -0.496 e. The van der Waals surface area contributed by atoms with Crippen LogP contribution in [0.2, 0.25) is 5.02 Å². The Hall–Kier alpha value is -3.15. The lowest BCUT2D eigenvalue weighted by Crippen LogP contribution is -2.48. The molecule has 0 saturated carbocycles. The summed E-state index contributed by atoms with van der Waals surface area (Å²) in [5, 5.41) is 5.98. The number of anilines is 2. The van der Waals surface area contributed by atoms with E-state index in [1.54, 1.807) is 0 Å². The zero-order valence-electron chi connectivity index (χ0n) is 23.4. The van der Waals surface area contributed by atoms with E-state index in [9.17, 15) is 14.4 Å². The van der Waals surface area contributed by atoms with Gasteiger partial charge in [0.2, 0.25) is 5.91 Å². The third-order valence-electron chi connectivity index (χ3n) is 7.15. The second-order valence-electron chi connectivity index (χ2n) is 10.6. The summed E-state index contributed by atoms with van der Waals surface area (Å²) in [5.74, 6) is 0.0762. The zero-order valence-corrected chi connectivity index (χ0v) is 26.5. The molecule has 0 spiro atoms. The van der Waals surface area contributed by atoms with Gasteiger partial charge in [-0.25, -0.2) is 4.79 Å². The maximum absolute atomic E-state index is 12.9. The van der Waals surface area contributed by atoms with Crippen molar-refractivity contribution in [1.82, 2.24) is 0 Å².